The molecule has 0 radical (unpaired) electrons. The van der Waals surface area contributed by atoms with Crippen LogP contribution >= 0.6 is 0 Å². The highest BCUT2D eigenvalue weighted by atomic mass is 16.5. The van der Waals surface area contributed by atoms with E-state index in [2.05, 4.69) is 28.3 Å². The predicted octanol–water partition coefficient (Wildman–Crippen LogP) is 3.60. The Morgan fingerprint density at radius 1 is 1.00 bits per heavy atom. The Hall–Kier alpha value is -2.62. The van der Waals surface area contributed by atoms with Gasteiger partial charge in [-0.05, 0) is 49.7 Å². The SMILES string of the molecule is Cc1ccc(C)c(-c2nc(-c3ccc(N)cc3)no2)c1. The summed E-state index contributed by atoms with van der Waals surface area (Å²) >= 11 is 0. The van der Waals surface area contributed by atoms with Gasteiger partial charge in [0.25, 0.3) is 5.89 Å². The van der Waals surface area contributed by atoms with Crippen molar-refractivity contribution in [1.82, 2.24) is 10.1 Å². The maximum absolute atomic E-state index is 5.67. The van der Waals surface area contributed by atoms with E-state index < -0.39 is 0 Å². The molecule has 2 aromatic carbocycles. The van der Waals surface area contributed by atoms with Crippen molar-refractivity contribution in [2.45, 2.75) is 13.8 Å². The number of anilines is 1. The summed E-state index contributed by atoms with van der Waals surface area (Å²) in [6.45, 7) is 4.07. The molecule has 0 aliphatic heterocycles. The average molecular weight is 265 g/mol. The van der Waals surface area contributed by atoms with Crippen LogP contribution in [0.2, 0.25) is 0 Å². The summed E-state index contributed by atoms with van der Waals surface area (Å²) in [6.07, 6.45) is 0. The van der Waals surface area contributed by atoms with Crippen molar-refractivity contribution < 1.29 is 4.52 Å². The van der Waals surface area contributed by atoms with Gasteiger partial charge in [-0.3, -0.25) is 0 Å². The van der Waals surface area contributed by atoms with Crippen LogP contribution in [0.5, 0.6) is 0 Å². The molecule has 20 heavy (non-hydrogen) atoms. The van der Waals surface area contributed by atoms with E-state index in [0.29, 0.717) is 17.4 Å². The zero-order valence-corrected chi connectivity index (χ0v) is 11.4. The molecular formula is C16H15N3O. The number of benzene rings is 2. The molecule has 4 nitrogen and oxygen atoms in total. The lowest BCUT2D eigenvalue weighted by Crippen LogP contribution is -1.86. The van der Waals surface area contributed by atoms with Crippen LogP contribution in [0.1, 0.15) is 11.1 Å². The van der Waals surface area contributed by atoms with Crippen LogP contribution in [0, 0.1) is 13.8 Å². The largest absolute Gasteiger partial charge is 0.399 e. The van der Waals surface area contributed by atoms with Gasteiger partial charge in [-0.1, -0.05) is 22.9 Å². The fourth-order valence-corrected chi connectivity index (χ4v) is 2.05. The smallest absolute Gasteiger partial charge is 0.258 e. The zero-order valence-electron chi connectivity index (χ0n) is 11.4. The first-order valence-corrected chi connectivity index (χ1v) is 6.41. The Balaban J connectivity index is 2.01. The Bertz CT molecular complexity index is 745. The molecule has 0 bridgehead atoms. The number of hydrogen-bond acceptors (Lipinski definition) is 4. The Kier molecular flexibility index (Phi) is 2.99. The van der Waals surface area contributed by atoms with Crippen LogP contribution in [-0.4, -0.2) is 10.1 Å². The van der Waals surface area contributed by atoms with Gasteiger partial charge < -0.3 is 10.3 Å². The first-order chi connectivity index (χ1) is 9.63. The quantitative estimate of drug-likeness (QED) is 0.719. The van der Waals surface area contributed by atoms with Gasteiger partial charge in [0.15, 0.2) is 0 Å². The number of nitrogens with two attached hydrogens (primary N) is 1. The molecule has 0 atom stereocenters. The third-order valence-corrected chi connectivity index (χ3v) is 3.22. The molecule has 0 fully saturated rings. The van der Waals surface area contributed by atoms with Crippen LogP contribution in [0.3, 0.4) is 0 Å². The van der Waals surface area contributed by atoms with Crippen molar-refractivity contribution in [2.24, 2.45) is 0 Å². The van der Waals surface area contributed by atoms with Crippen LogP contribution in [0.4, 0.5) is 5.69 Å². The Labute approximate surface area is 117 Å². The minimum atomic E-state index is 0.540. The molecule has 0 aliphatic rings. The topological polar surface area (TPSA) is 64.9 Å². The summed E-state index contributed by atoms with van der Waals surface area (Å²) in [5.74, 6) is 1.11. The molecular weight excluding hydrogens is 250 g/mol. The molecule has 1 heterocycles. The van der Waals surface area contributed by atoms with Gasteiger partial charge in [0.2, 0.25) is 5.82 Å². The number of nitrogens with zero attached hydrogens (tertiary/aromatic N) is 2. The second kappa shape index (κ2) is 4.81. The van der Waals surface area contributed by atoms with Crippen LogP contribution in [-0.2, 0) is 0 Å². The summed E-state index contributed by atoms with van der Waals surface area (Å²) in [5, 5.41) is 4.04. The summed E-state index contributed by atoms with van der Waals surface area (Å²) in [4.78, 5) is 4.46. The average Bonchev–Trinajstić information content (AvgIpc) is 2.92. The van der Waals surface area contributed by atoms with Gasteiger partial charge >= 0.3 is 0 Å². The van der Waals surface area contributed by atoms with E-state index in [9.17, 15) is 0 Å². The van der Waals surface area contributed by atoms with E-state index in [1.807, 2.05) is 38.1 Å². The standard InChI is InChI=1S/C16H15N3O/c1-10-3-4-11(2)14(9-10)16-18-15(19-20-16)12-5-7-13(17)8-6-12/h3-9H,17H2,1-2H3. The molecule has 4 heteroatoms. The third-order valence-electron chi connectivity index (χ3n) is 3.22. The molecule has 0 spiro atoms. The fraction of sp³-hybridized carbons (Fsp3) is 0.125. The maximum Gasteiger partial charge on any atom is 0.258 e. The van der Waals surface area contributed by atoms with Crippen LogP contribution in [0.15, 0.2) is 47.0 Å². The Morgan fingerprint density at radius 2 is 1.75 bits per heavy atom. The second-order valence-corrected chi connectivity index (χ2v) is 4.86. The van der Waals surface area contributed by atoms with Gasteiger partial charge in [0, 0.05) is 16.8 Å². The van der Waals surface area contributed by atoms with E-state index >= 15 is 0 Å². The van der Waals surface area contributed by atoms with Crippen molar-refractivity contribution in [2.75, 3.05) is 5.73 Å². The highest BCUT2D eigenvalue weighted by Crippen LogP contribution is 2.26. The molecule has 0 aliphatic carbocycles. The molecule has 2 N–H and O–H groups in total. The molecule has 3 rings (SSSR count). The highest BCUT2D eigenvalue weighted by Gasteiger charge is 2.12. The first kappa shape index (κ1) is 12.4. The van der Waals surface area contributed by atoms with Gasteiger partial charge in [-0.2, -0.15) is 4.98 Å². The van der Waals surface area contributed by atoms with Gasteiger partial charge in [-0.25, -0.2) is 0 Å². The van der Waals surface area contributed by atoms with E-state index in [0.717, 1.165) is 22.3 Å². The molecule has 100 valence electrons. The summed E-state index contributed by atoms with van der Waals surface area (Å²) in [7, 11) is 0. The zero-order chi connectivity index (χ0) is 14.1. The minimum Gasteiger partial charge on any atom is -0.399 e. The number of aromatic nitrogens is 2. The van der Waals surface area contributed by atoms with Crippen LogP contribution < -0.4 is 5.73 Å². The highest BCUT2D eigenvalue weighted by molar-refractivity contribution is 5.64. The lowest BCUT2D eigenvalue weighted by molar-refractivity contribution is 0.432. The van der Waals surface area contributed by atoms with E-state index in [-0.39, 0.29) is 0 Å². The number of nitrogen functional groups attached to an aromatic ring is 1. The number of rotatable bonds is 2. The van der Waals surface area contributed by atoms with E-state index in [4.69, 9.17) is 10.3 Å². The van der Waals surface area contributed by atoms with Crippen molar-refractivity contribution in [3.8, 4) is 22.8 Å². The summed E-state index contributed by atoms with van der Waals surface area (Å²) in [5.41, 5.74) is 10.5. The first-order valence-electron chi connectivity index (χ1n) is 6.41. The van der Waals surface area contributed by atoms with Crippen LogP contribution in [0.25, 0.3) is 22.8 Å². The fourth-order valence-electron chi connectivity index (χ4n) is 2.05. The third kappa shape index (κ3) is 2.28. The van der Waals surface area contributed by atoms with Crippen molar-refractivity contribution in [3.63, 3.8) is 0 Å². The predicted molar refractivity (Wildman–Crippen MR) is 79.1 cm³/mol. The summed E-state index contributed by atoms with van der Waals surface area (Å²) < 4.78 is 5.38. The molecule has 3 aromatic rings. The minimum absolute atomic E-state index is 0.540. The molecule has 1 aromatic heterocycles. The molecule has 0 saturated heterocycles. The van der Waals surface area contributed by atoms with Gasteiger partial charge in [-0.15, -0.1) is 0 Å². The Morgan fingerprint density at radius 3 is 2.50 bits per heavy atom. The number of aryl methyl sites for hydroxylation is 2. The number of hydrogen-bond donors (Lipinski definition) is 1. The van der Waals surface area contributed by atoms with Crippen molar-refractivity contribution >= 4 is 5.69 Å². The van der Waals surface area contributed by atoms with Crippen molar-refractivity contribution in [1.29, 1.82) is 0 Å². The maximum atomic E-state index is 5.67. The normalized spacial score (nSPS) is 10.7. The van der Waals surface area contributed by atoms with E-state index in [1.165, 1.54) is 0 Å². The van der Waals surface area contributed by atoms with Gasteiger partial charge in [0.05, 0.1) is 0 Å². The molecule has 0 unspecified atom stereocenters. The lowest BCUT2D eigenvalue weighted by atomic mass is 10.1. The second-order valence-electron chi connectivity index (χ2n) is 4.86. The lowest BCUT2D eigenvalue weighted by Gasteiger charge is -2.01. The van der Waals surface area contributed by atoms with Crippen molar-refractivity contribution in [3.05, 3.63) is 53.6 Å². The summed E-state index contributed by atoms with van der Waals surface area (Å²) in [6, 6.07) is 13.6. The van der Waals surface area contributed by atoms with Gasteiger partial charge in [0.1, 0.15) is 0 Å². The van der Waals surface area contributed by atoms with E-state index in [1.54, 1.807) is 0 Å². The molecule has 0 amide bonds. The monoisotopic (exact) mass is 265 g/mol. The molecule has 0 saturated carbocycles.